The summed E-state index contributed by atoms with van der Waals surface area (Å²) in [4.78, 5) is 17.4. The number of amides is 1. The molecule has 7 nitrogen and oxygen atoms in total. The van der Waals surface area contributed by atoms with Crippen LogP contribution < -0.4 is 5.32 Å². The van der Waals surface area contributed by atoms with Gasteiger partial charge in [-0.1, -0.05) is 30.6 Å². The lowest BCUT2D eigenvalue weighted by atomic mass is 9.74. The quantitative estimate of drug-likeness (QED) is 0.818. The summed E-state index contributed by atoms with van der Waals surface area (Å²) in [6.45, 7) is 1.11. The summed E-state index contributed by atoms with van der Waals surface area (Å²) < 4.78 is 27.7. The minimum atomic E-state index is -3.49. The van der Waals surface area contributed by atoms with Crippen molar-refractivity contribution in [2.45, 2.75) is 49.8 Å². The summed E-state index contributed by atoms with van der Waals surface area (Å²) in [5, 5.41) is 12.8. The molecule has 1 aromatic heterocycles. The van der Waals surface area contributed by atoms with Crippen LogP contribution in [0.2, 0.25) is 0 Å². The van der Waals surface area contributed by atoms with Crippen LogP contribution in [0.4, 0.5) is 5.13 Å². The fourth-order valence-electron chi connectivity index (χ4n) is 3.96. The minimum Gasteiger partial charge on any atom is -0.301 e. The van der Waals surface area contributed by atoms with Gasteiger partial charge >= 0.3 is 0 Å². The predicted molar refractivity (Wildman–Crippen MR) is 107 cm³/mol. The van der Waals surface area contributed by atoms with Gasteiger partial charge in [0.25, 0.3) is 0 Å². The molecule has 2 aliphatic rings. The Morgan fingerprint density at radius 2 is 1.89 bits per heavy atom. The molecule has 148 valence electrons. The summed E-state index contributed by atoms with van der Waals surface area (Å²) >= 11 is 1.24. The number of nitriles is 1. The van der Waals surface area contributed by atoms with Crippen LogP contribution in [-0.2, 0) is 14.8 Å². The number of fused-ring (bicyclic) bond motifs is 1. The lowest BCUT2D eigenvalue weighted by Gasteiger charge is -2.28. The van der Waals surface area contributed by atoms with Crippen molar-refractivity contribution < 1.29 is 13.2 Å². The lowest BCUT2D eigenvalue weighted by molar-refractivity contribution is -0.124. The van der Waals surface area contributed by atoms with Gasteiger partial charge in [0.1, 0.15) is 5.41 Å². The fraction of sp³-hybridized carbons (Fsp3) is 0.526. The number of hydrogen-bond donors (Lipinski definition) is 1. The van der Waals surface area contributed by atoms with Crippen LogP contribution in [0.1, 0.15) is 44.9 Å². The molecule has 1 saturated carbocycles. The topological polar surface area (TPSA) is 103 Å². The van der Waals surface area contributed by atoms with E-state index in [0.717, 1.165) is 32.1 Å². The van der Waals surface area contributed by atoms with Crippen LogP contribution in [-0.4, -0.2) is 36.7 Å². The number of nitrogens with one attached hydrogen (secondary N) is 1. The molecular formula is C19H22N4O3S2. The second kappa shape index (κ2) is 7.43. The molecule has 0 atom stereocenters. The van der Waals surface area contributed by atoms with Crippen LogP contribution in [0.3, 0.4) is 0 Å². The van der Waals surface area contributed by atoms with Gasteiger partial charge in [0.2, 0.25) is 15.9 Å². The monoisotopic (exact) mass is 418 g/mol. The molecule has 1 aliphatic heterocycles. The lowest BCUT2D eigenvalue weighted by Crippen LogP contribution is -2.36. The highest BCUT2D eigenvalue weighted by Gasteiger charge is 2.40. The standard InChI is InChI=1S/C19H22N4O3S2/c20-13-19(8-2-1-3-9-19)17(24)22-18-21-15-7-6-14(12-16(15)27-18)28(25,26)23-10-4-5-11-23/h6-7,12H,1-5,8-11H2,(H,21,22,24). The van der Waals surface area contributed by atoms with Crippen molar-refractivity contribution in [1.82, 2.24) is 9.29 Å². The third kappa shape index (κ3) is 3.41. The van der Waals surface area contributed by atoms with Crippen molar-refractivity contribution >= 4 is 42.6 Å². The Kier molecular flexibility index (Phi) is 5.12. The Morgan fingerprint density at radius 3 is 2.57 bits per heavy atom. The molecule has 2 heterocycles. The number of benzene rings is 1. The van der Waals surface area contributed by atoms with Crippen LogP contribution in [0.15, 0.2) is 23.1 Å². The molecule has 4 rings (SSSR count). The molecule has 1 saturated heterocycles. The van der Waals surface area contributed by atoms with Crippen molar-refractivity contribution in [3.63, 3.8) is 0 Å². The van der Waals surface area contributed by atoms with E-state index in [0.29, 0.717) is 41.3 Å². The minimum absolute atomic E-state index is 0.254. The van der Waals surface area contributed by atoms with E-state index in [1.165, 1.54) is 15.6 Å². The first-order chi connectivity index (χ1) is 13.4. The van der Waals surface area contributed by atoms with E-state index >= 15 is 0 Å². The van der Waals surface area contributed by atoms with Gasteiger partial charge in [-0.3, -0.25) is 4.79 Å². The zero-order chi connectivity index (χ0) is 19.8. The number of carbonyl (C=O) groups excluding carboxylic acids is 1. The maximum atomic E-state index is 12.8. The number of aromatic nitrogens is 1. The Bertz CT molecular complexity index is 1040. The molecule has 28 heavy (non-hydrogen) atoms. The number of carbonyl (C=O) groups is 1. The molecule has 2 fully saturated rings. The number of sulfonamides is 1. The third-order valence-corrected chi connectivity index (χ3v) is 8.47. The van der Waals surface area contributed by atoms with Crippen molar-refractivity contribution in [3.8, 4) is 6.07 Å². The Balaban J connectivity index is 1.58. The highest BCUT2D eigenvalue weighted by atomic mass is 32.2. The summed E-state index contributed by atoms with van der Waals surface area (Å²) in [5.74, 6) is -0.307. The fourth-order valence-corrected chi connectivity index (χ4v) is 6.48. The van der Waals surface area contributed by atoms with E-state index in [1.807, 2.05) is 0 Å². The van der Waals surface area contributed by atoms with Gasteiger partial charge in [0.15, 0.2) is 5.13 Å². The van der Waals surface area contributed by atoms with Crippen molar-refractivity contribution in [2.24, 2.45) is 5.41 Å². The maximum Gasteiger partial charge on any atom is 0.246 e. The molecule has 0 bridgehead atoms. The molecule has 0 spiro atoms. The predicted octanol–water partition coefficient (Wildman–Crippen LogP) is 3.49. The molecule has 0 radical (unpaired) electrons. The number of hydrogen-bond acceptors (Lipinski definition) is 6. The largest absolute Gasteiger partial charge is 0.301 e. The molecule has 0 unspecified atom stereocenters. The molecular weight excluding hydrogens is 396 g/mol. The molecule has 2 aromatic rings. The van der Waals surface area contributed by atoms with E-state index in [-0.39, 0.29) is 10.8 Å². The van der Waals surface area contributed by atoms with Crippen molar-refractivity contribution in [3.05, 3.63) is 18.2 Å². The zero-order valence-electron chi connectivity index (χ0n) is 15.5. The van der Waals surface area contributed by atoms with E-state index in [9.17, 15) is 18.5 Å². The molecule has 1 N–H and O–H groups in total. The maximum absolute atomic E-state index is 12.8. The van der Waals surface area contributed by atoms with Crippen molar-refractivity contribution in [2.75, 3.05) is 18.4 Å². The van der Waals surface area contributed by atoms with Gasteiger partial charge in [0.05, 0.1) is 21.2 Å². The smallest absolute Gasteiger partial charge is 0.246 e. The Labute approximate surface area is 168 Å². The molecule has 9 heteroatoms. The summed E-state index contributed by atoms with van der Waals surface area (Å²) in [7, 11) is -3.49. The zero-order valence-corrected chi connectivity index (χ0v) is 17.1. The number of thiazole rings is 1. The highest BCUT2D eigenvalue weighted by Crippen LogP contribution is 2.38. The summed E-state index contributed by atoms with van der Waals surface area (Å²) in [5.41, 5.74) is -0.351. The van der Waals surface area contributed by atoms with E-state index in [2.05, 4.69) is 16.4 Å². The number of nitrogens with zero attached hydrogens (tertiary/aromatic N) is 3. The van der Waals surface area contributed by atoms with Gasteiger partial charge in [-0.15, -0.1) is 0 Å². The van der Waals surface area contributed by atoms with Gasteiger partial charge < -0.3 is 5.32 Å². The van der Waals surface area contributed by atoms with Gasteiger partial charge in [-0.2, -0.15) is 9.57 Å². The first-order valence-corrected chi connectivity index (χ1v) is 11.8. The first-order valence-electron chi connectivity index (χ1n) is 9.58. The summed E-state index contributed by atoms with van der Waals surface area (Å²) in [6, 6.07) is 7.07. The van der Waals surface area contributed by atoms with Crippen LogP contribution >= 0.6 is 11.3 Å². The van der Waals surface area contributed by atoms with Gasteiger partial charge in [-0.25, -0.2) is 13.4 Å². The van der Waals surface area contributed by atoms with E-state index in [4.69, 9.17) is 0 Å². The van der Waals surface area contributed by atoms with Gasteiger partial charge in [-0.05, 0) is 43.9 Å². The molecule has 1 aliphatic carbocycles. The Morgan fingerprint density at radius 1 is 1.18 bits per heavy atom. The number of rotatable bonds is 4. The third-order valence-electron chi connectivity index (χ3n) is 5.64. The van der Waals surface area contributed by atoms with E-state index < -0.39 is 15.4 Å². The SMILES string of the molecule is N#CC1(C(=O)Nc2nc3ccc(S(=O)(=O)N4CCCC4)cc3s2)CCCCC1. The van der Waals surface area contributed by atoms with Crippen LogP contribution in [0, 0.1) is 16.7 Å². The van der Waals surface area contributed by atoms with Gasteiger partial charge in [0, 0.05) is 13.1 Å². The molecule has 1 amide bonds. The van der Waals surface area contributed by atoms with E-state index in [1.54, 1.807) is 18.2 Å². The van der Waals surface area contributed by atoms with Crippen molar-refractivity contribution in [1.29, 1.82) is 5.26 Å². The highest BCUT2D eigenvalue weighted by molar-refractivity contribution is 7.89. The van der Waals surface area contributed by atoms with Crippen LogP contribution in [0.5, 0.6) is 0 Å². The second-order valence-electron chi connectivity index (χ2n) is 7.47. The number of anilines is 1. The first kappa shape index (κ1) is 19.3. The Hall–Kier alpha value is -2.02. The second-order valence-corrected chi connectivity index (χ2v) is 10.4. The molecule has 1 aromatic carbocycles. The summed E-state index contributed by atoms with van der Waals surface area (Å²) in [6.07, 6.45) is 5.71. The van der Waals surface area contributed by atoms with Crippen LogP contribution in [0.25, 0.3) is 10.2 Å². The average molecular weight is 419 g/mol. The normalized spacial score (nSPS) is 20.1. The average Bonchev–Trinajstić information content (AvgIpc) is 3.37.